The van der Waals surface area contributed by atoms with E-state index in [0.29, 0.717) is 5.92 Å². The Morgan fingerprint density at radius 1 is 1.43 bits per heavy atom. The van der Waals surface area contributed by atoms with Crippen molar-refractivity contribution < 1.29 is 4.74 Å². The summed E-state index contributed by atoms with van der Waals surface area (Å²) in [6.07, 6.45) is 2.59. The molecule has 0 unspecified atom stereocenters. The summed E-state index contributed by atoms with van der Waals surface area (Å²) in [5, 5.41) is 6.98. The molecule has 1 aromatic rings. The lowest BCUT2D eigenvalue weighted by Crippen LogP contribution is -2.37. The summed E-state index contributed by atoms with van der Waals surface area (Å²) in [5.74, 6) is 1.37. The largest absolute Gasteiger partial charge is 0.383 e. The minimum absolute atomic E-state index is 0.549. The lowest BCUT2D eigenvalue weighted by atomic mass is 9.97. The van der Waals surface area contributed by atoms with Gasteiger partial charge in [0.25, 0.3) is 0 Å². The van der Waals surface area contributed by atoms with E-state index in [2.05, 4.69) is 29.4 Å². The summed E-state index contributed by atoms with van der Waals surface area (Å²) in [7, 11) is 1.75. The van der Waals surface area contributed by atoms with Gasteiger partial charge in [-0.3, -0.25) is 4.90 Å². The van der Waals surface area contributed by atoms with Crippen molar-refractivity contribution in [1.82, 2.24) is 15.2 Å². The molecule has 2 heterocycles. The number of methoxy groups -OCH3 is 1. The highest BCUT2D eigenvalue weighted by Gasteiger charge is 2.19. The molecule has 0 aliphatic carbocycles. The van der Waals surface area contributed by atoms with E-state index in [4.69, 9.17) is 9.72 Å². The van der Waals surface area contributed by atoms with Gasteiger partial charge in [0.2, 0.25) is 0 Å². The van der Waals surface area contributed by atoms with Gasteiger partial charge in [-0.15, -0.1) is 11.3 Å². The molecular formula is C16H29N3OS. The number of likely N-dealkylation sites (tertiary alicyclic amines) is 1. The van der Waals surface area contributed by atoms with Crippen molar-refractivity contribution in [3.8, 4) is 0 Å². The van der Waals surface area contributed by atoms with E-state index in [1.165, 1.54) is 36.6 Å². The van der Waals surface area contributed by atoms with Crippen LogP contribution in [-0.2, 0) is 11.3 Å². The molecule has 0 aromatic carbocycles. The number of hydrogen-bond acceptors (Lipinski definition) is 5. The van der Waals surface area contributed by atoms with Crippen LogP contribution in [0.1, 0.15) is 43.3 Å². The Labute approximate surface area is 132 Å². The molecule has 21 heavy (non-hydrogen) atoms. The van der Waals surface area contributed by atoms with E-state index in [1.807, 2.05) is 0 Å². The predicted molar refractivity (Wildman–Crippen MR) is 88.9 cm³/mol. The monoisotopic (exact) mass is 311 g/mol. The second kappa shape index (κ2) is 8.83. The summed E-state index contributed by atoms with van der Waals surface area (Å²) >= 11 is 1.80. The van der Waals surface area contributed by atoms with Gasteiger partial charge < -0.3 is 10.1 Å². The summed E-state index contributed by atoms with van der Waals surface area (Å²) in [4.78, 5) is 7.29. The first-order valence-electron chi connectivity index (χ1n) is 8.05. The molecule has 1 saturated heterocycles. The van der Waals surface area contributed by atoms with E-state index in [-0.39, 0.29) is 0 Å². The minimum Gasteiger partial charge on any atom is -0.383 e. The third kappa shape index (κ3) is 5.66. The Morgan fingerprint density at radius 3 is 2.81 bits per heavy atom. The van der Waals surface area contributed by atoms with Gasteiger partial charge in [-0.05, 0) is 38.4 Å². The van der Waals surface area contributed by atoms with Crippen molar-refractivity contribution in [3.63, 3.8) is 0 Å². The van der Waals surface area contributed by atoms with Crippen LogP contribution in [0.25, 0.3) is 0 Å². The van der Waals surface area contributed by atoms with E-state index >= 15 is 0 Å². The Kier molecular flexibility index (Phi) is 7.10. The maximum absolute atomic E-state index is 5.06. The van der Waals surface area contributed by atoms with Gasteiger partial charge in [-0.25, -0.2) is 4.98 Å². The molecule has 5 heteroatoms. The second-order valence-electron chi connectivity index (χ2n) is 6.25. The van der Waals surface area contributed by atoms with E-state index in [9.17, 15) is 0 Å². The molecular weight excluding hydrogens is 282 g/mol. The second-order valence-corrected chi connectivity index (χ2v) is 7.14. The van der Waals surface area contributed by atoms with Crippen LogP contribution < -0.4 is 5.32 Å². The Bertz CT molecular complexity index is 400. The Hall–Kier alpha value is -0.490. The summed E-state index contributed by atoms with van der Waals surface area (Å²) in [6.45, 7) is 10.7. The minimum atomic E-state index is 0.549. The molecule has 0 amide bonds. The van der Waals surface area contributed by atoms with Crippen molar-refractivity contribution in [1.29, 1.82) is 0 Å². The van der Waals surface area contributed by atoms with Gasteiger partial charge in [0.05, 0.1) is 17.3 Å². The molecule has 0 atom stereocenters. The zero-order valence-electron chi connectivity index (χ0n) is 13.6. The van der Waals surface area contributed by atoms with Crippen LogP contribution in [0.2, 0.25) is 0 Å². The fraction of sp³-hybridized carbons (Fsp3) is 0.812. The van der Waals surface area contributed by atoms with Crippen LogP contribution >= 0.6 is 11.3 Å². The normalized spacial score (nSPS) is 17.7. The molecule has 1 aliphatic rings. The van der Waals surface area contributed by atoms with Crippen molar-refractivity contribution in [2.75, 3.05) is 39.9 Å². The quantitative estimate of drug-likeness (QED) is 0.749. The molecule has 2 rings (SSSR count). The van der Waals surface area contributed by atoms with E-state index in [1.54, 1.807) is 18.4 Å². The Balaban J connectivity index is 1.66. The average molecular weight is 311 g/mol. The fourth-order valence-corrected chi connectivity index (χ4v) is 3.54. The number of nitrogens with one attached hydrogen (secondary N) is 1. The van der Waals surface area contributed by atoms with Crippen molar-refractivity contribution in [2.24, 2.45) is 5.92 Å². The van der Waals surface area contributed by atoms with Gasteiger partial charge >= 0.3 is 0 Å². The summed E-state index contributed by atoms with van der Waals surface area (Å²) in [6, 6.07) is 0. The van der Waals surface area contributed by atoms with Crippen LogP contribution in [0.3, 0.4) is 0 Å². The molecule has 1 aliphatic heterocycles. The van der Waals surface area contributed by atoms with Crippen LogP contribution in [0.4, 0.5) is 0 Å². The smallest absolute Gasteiger partial charge is 0.0954 e. The molecule has 4 nitrogen and oxygen atoms in total. The number of ether oxygens (including phenoxy) is 1. The number of thiazole rings is 1. The van der Waals surface area contributed by atoms with Crippen LogP contribution in [-0.4, -0.2) is 49.8 Å². The Morgan fingerprint density at radius 2 is 2.19 bits per heavy atom. The van der Waals surface area contributed by atoms with Gasteiger partial charge in [0.15, 0.2) is 0 Å². The number of rotatable bonds is 8. The fourth-order valence-electron chi connectivity index (χ4n) is 2.72. The molecule has 1 N–H and O–H groups in total. The highest BCUT2D eigenvalue weighted by Crippen LogP contribution is 2.22. The number of piperidine rings is 1. The molecule has 0 saturated carbocycles. The summed E-state index contributed by atoms with van der Waals surface area (Å²) < 4.78 is 5.06. The maximum Gasteiger partial charge on any atom is 0.0954 e. The predicted octanol–water partition coefficient (Wildman–Crippen LogP) is 2.71. The van der Waals surface area contributed by atoms with Crippen LogP contribution in [0.5, 0.6) is 0 Å². The van der Waals surface area contributed by atoms with Gasteiger partial charge in [0, 0.05) is 31.5 Å². The number of nitrogens with zero attached hydrogens (tertiary/aromatic N) is 2. The SMILES string of the molecule is COCCNCC1CCN(Cc2csc(C(C)C)n2)CC1. The first-order chi connectivity index (χ1) is 10.2. The third-order valence-electron chi connectivity index (χ3n) is 4.07. The lowest BCUT2D eigenvalue weighted by molar-refractivity contribution is 0.167. The third-order valence-corrected chi connectivity index (χ3v) is 5.27. The lowest BCUT2D eigenvalue weighted by Gasteiger charge is -2.31. The van der Waals surface area contributed by atoms with Crippen molar-refractivity contribution in [3.05, 3.63) is 16.1 Å². The van der Waals surface area contributed by atoms with E-state index in [0.717, 1.165) is 32.2 Å². The van der Waals surface area contributed by atoms with Crippen LogP contribution in [0, 0.1) is 5.92 Å². The summed E-state index contributed by atoms with van der Waals surface area (Å²) in [5.41, 5.74) is 1.25. The molecule has 0 radical (unpaired) electrons. The molecule has 0 bridgehead atoms. The standard InChI is InChI=1S/C16H29N3OS/c1-13(2)16-18-15(12-21-16)11-19-7-4-14(5-8-19)10-17-6-9-20-3/h12-14,17H,4-11H2,1-3H3. The number of hydrogen-bond donors (Lipinski definition) is 1. The van der Waals surface area contributed by atoms with Gasteiger partial charge in [-0.1, -0.05) is 13.8 Å². The van der Waals surface area contributed by atoms with Gasteiger partial charge in [0.1, 0.15) is 0 Å². The first-order valence-corrected chi connectivity index (χ1v) is 8.93. The maximum atomic E-state index is 5.06. The van der Waals surface area contributed by atoms with Gasteiger partial charge in [-0.2, -0.15) is 0 Å². The van der Waals surface area contributed by atoms with Crippen LogP contribution in [0.15, 0.2) is 5.38 Å². The zero-order valence-corrected chi connectivity index (χ0v) is 14.4. The first kappa shape index (κ1) is 16.9. The van der Waals surface area contributed by atoms with Crippen molar-refractivity contribution in [2.45, 2.75) is 39.2 Å². The molecule has 0 spiro atoms. The number of aromatic nitrogens is 1. The molecule has 120 valence electrons. The average Bonchev–Trinajstić information content (AvgIpc) is 2.94. The zero-order chi connectivity index (χ0) is 15.1. The topological polar surface area (TPSA) is 37.4 Å². The highest BCUT2D eigenvalue weighted by molar-refractivity contribution is 7.09. The van der Waals surface area contributed by atoms with E-state index < -0.39 is 0 Å². The molecule has 1 fully saturated rings. The molecule has 1 aromatic heterocycles. The highest BCUT2D eigenvalue weighted by atomic mass is 32.1. The van der Waals surface area contributed by atoms with Crippen molar-refractivity contribution >= 4 is 11.3 Å².